The van der Waals surface area contributed by atoms with Crippen LogP contribution in [0.5, 0.6) is 17.2 Å². The number of nitrogens with zero attached hydrogens (tertiary/aromatic N) is 5. The molecule has 0 spiro atoms. The summed E-state index contributed by atoms with van der Waals surface area (Å²) in [7, 11) is 3.02. The highest BCUT2D eigenvalue weighted by molar-refractivity contribution is 7.44. The number of amides is 3. The Kier molecular flexibility index (Phi) is 23.4. The number of aromatic nitrogens is 2. The van der Waals surface area contributed by atoms with Crippen LogP contribution in [-0.4, -0.2) is 122 Å². The number of likely N-dealkylation sites (N-methyl/N-ethyl adjacent to an activating group) is 1. The Morgan fingerprint density at radius 1 is 0.708 bits per heavy atom. The number of hydrogen-bond acceptors (Lipinski definition) is 17. The van der Waals surface area contributed by atoms with E-state index >= 15 is 0 Å². The van der Waals surface area contributed by atoms with Gasteiger partial charge in [0.1, 0.15) is 54.2 Å². The van der Waals surface area contributed by atoms with Crippen molar-refractivity contribution in [1.29, 1.82) is 5.26 Å². The molecule has 8 aromatic rings. The smallest absolute Gasteiger partial charge is 0.497 e. The molecule has 498 valence electrons. The van der Waals surface area contributed by atoms with Gasteiger partial charge in [-0.05, 0) is 132 Å². The van der Waals surface area contributed by atoms with Gasteiger partial charge in [0.05, 0.1) is 59.0 Å². The number of benzene rings is 7. The molecule has 22 heteroatoms. The number of methoxy groups -OCH3 is 2. The van der Waals surface area contributed by atoms with Gasteiger partial charge in [-0.15, -0.1) is 0 Å². The van der Waals surface area contributed by atoms with E-state index in [1.807, 2.05) is 115 Å². The van der Waals surface area contributed by atoms with Gasteiger partial charge in [-0.25, -0.2) is 19.1 Å². The van der Waals surface area contributed by atoms with Gasteiger partial charge in [-0.1, -0.05) is 127 Å². The summed E-state index contributed by atoms with van der Waals surface area (Å²) in [5, 5.41) is 15.1. The summed E-state index contributed by atoms with van der Waals surface area (Å²) in [5.74, 6) is 0.688. The van der Waals surface area contributed by atoms with Gasteiger partial charge >= 0.3 is 17.9 Å². The van der Waals surface area contributed by atoms with Gasteiger partial charge in [0, 0.05) is 49.8 Å². The van der Waals surface area contributed by atoms with Crippen molar-refractivity contribution in [2.45, 2.75) is 95.5 Å². The molecule has 1 aliphatic carbocycles. The highest BCUT2D eigenvalue weighted by Gasteiger charge is 2.45. The standard InChI is InChI=1S/C74H78N7O14P/c1-49(2)81(50(3)4)96(92-42-15-39-75)95-65-45-69(94-66(65)48-91-74(54-16-9-8-10-17-54,55-28-34-57(87-6)35-29-55)56-30-36-58(88-7)37-31-56)80-40-38-67(78-71(80)84)77-70(83)53-26-22-52(23-27-53)46-76-68(82)44-51-24-32-59(33-25-51)93-73(86)89-43-41-79(5)72(85)90-47-64-62-20-13-11-18-60(62)61-19-12-14-21-63(61)64/h8-14,16-38,40,49-50,64-66,69H,15,41-48H2,1-7H3,(H,76,82)(H,77,78,83,84). The van der Waals surface area contributed by atoms with Crippen LogP contribution in [0.4, 0.5) is 15.4 Å². The summed E-state index contributed by atoms with van der Waals surface area (Å²) in [6.45, 7) is 8.61. The first kappa shape index (κ1) is 69.1. The van der Waals surface area contributed by atoms with E-state index in [1.165, 1.54) is 21.7 Å². The minimum Gasteiger partial charge on any atom is -0.497 e. The summed E-state index contributed by atoms with van der Waals surface area (Å²) in [4.78, 5) is 71.8. The molecule has 1 saturated heterocycles. The van der Waals surface area contributed by atoms with Gasteiger partial charge in [0.15, 0.2) is 0 Å². The summed E-state index contributed by atoms with van der Waals surface area (Å²) in [6, 6.07) is 58.1. The third-order valence-corrected chi connectivity index (χ3v) is 18.7. The summed E-state index contributed by atoms with van der Waals surface area (Å²) in [6.07, 6.45) is -1.99. The predicted octanol–water partition coefficient (Wildman–Crippen LogP) is 12.7. The van der Waals surface area contributed by atoms with E-state index in [0.29, 0.717) is 17.1 Å². The second-order valence-corrected chi connectivity index (χ2v) is 25.0. The van der Waals surface area contributed by atoms with Crippen molar-refractivity contribution in [2.75, 3.05) is 59.6 Å². The summed E-state index contributed by atoms with van der Waals surface area (Å²) >= 11 is 0. The molecular weight excluding hydrogens is 1240 g/mol. The average Bonchev–Trinajstić information content (AvgIpc) is 1.21. The molecule has 2 heterocycles. The van der Waals surface area contributed by atoms with Crippen LogP contribution in [0, 0.1) is 11.3 Å². The Bertz CT molecular complexity index is 3940. The molecule has 4 atom stereocenters. The molecule has 1 fully saturated rings. The number of fused-ring (bicyclic) bond motifs is 3. The fraction of sp³-hybridized carbons (Fsp3) is 0.311. The molecule has 0 radical (unpaired) electrons. The normalized spacial score (nSPS) is 15.3. The molecule has 2 N–H and O–H groups in total. The molecule has 0 saturated carbocycles. The van der Waals surface area contributed by atoms with Crippen molar-refractivity contribution in [3.63, 3.8) is 0 Å². The van der Waals surface area contributed by atoms with Crippen molar-refractivity contribution >= 4 is 38.4 Å². The number of nitriles is 1. The third kappa shape index (κ3) is 16.8. The lowest BCUT2D eigenvalue weighted by atomic mass is 9.80. The molecular formula is C74H78N7O14P. The minimum absolute atomic E-state index is 0.00198. The van der Waals surface area contributed by atoms with Crippen molar-refractivity contribution in [2.24, 2.45) is 0 Å². The quantitative estimate of drug-likeness (QED) is 0.0146. The fourth-order valence-corrected chi connectivity index (χ4v) is 13.6. The largest absolute Gasteiger partial charge is 0.513 e. The number of nitrogens with one attached hydrogen (secondary N) is 2. The maximum atomic E-state index is 14.1. The van der Waals surface area contributed by atoms with Crippen molar-refractivity contribution < 1.29 is 61.4 Å². The first-order valence-corrected chi connectivity index (χ1v) is 32.8. The Hall–Kier alpha value is -9.78. The lowest BCUT2D eigenvalue weighted by Crippen LogP contribution is -2.39. The van der Waals surface area contributed by atoms with Crippen LogP contribution >= 0.6 is 8.53 Å². The molecule has 1 aliphatic heterocycles. The Balaban J connectivity index is 0.729. The van der Waals surface area contributed by atoms with Crippen LogP contribution in [0.1, 0.15) is 102 Å². The first-order chi connectivity index (χ1) is 46.5. The second kappa shape index (κ2) is 32.6. The zero-order chi connectivity index (χ0) is 67.7. The van der Waals surface area contributed by atoms with Gasteiger partial charge in [-0.3, -0.25) is 14.2 Å². The highest BCUT2D eigenvalue weighted by Crippen LogP contribution is 2.51. The lowest BCUT2D eigenvalue weighted by Gasteiger charge is -2.39. The third-order valence-electron chi connectivity index (χ3n) is 16.6. The predicted molar refractivity (Wildman–Crippen MR) is 361 cm³/mol. The van der Waals surface area contributed by atoms with Crippen LogP contribution < -0.4 is 30.5 Å². The van der Waals surface area contributed by atoms with Crippen LogP contribution in [0.2, 0.25) is 0 Å². The van der Waals surface area contributed by atoms with Gasteiger partial charge in [0.2, 0.25) is 5.91 Å². The maximum absolute atomic E-state index is 14.1. The molecule has 10 rings (SSSR count). The maximum Gasteiger partial charge on any atom is 0.513 e. The van der Waals surface area contributed by atoms with Crippen LogP contribution in [0.3, 0.4) is 0 Å². The monoisotopic (exact) mass is 1320 g/mol. The topological polar surface area (TPSA) is 241 Å². The average molecular weight is 1320 g/mol. The van der Waals surface area contributed by atoms with E-state index in [9.17, 15) is 29.2 Å². The van der Waals surface area contributed by atoms with Gasteiger partial charge in [0.25, 0.3) is 14.4 Å². The first-order valence-electron chi connectivity index (χ1n) is 31.7. The number of ether oxygens (including phenoxy) is 7. The van der Waals surface area contributed by atoms with E-state index in [0.717, 1.165) is 44.5 Å². The van der Waals surface area contributed by atoms with E-state index in [4.69, 9.17) is 42.2 Å². The number of rotatable bonds is 29. The van der Waals surface area contributed by atoms with Gasteiger partial charge in [-0.2, -0.15) is 10.2 Å². The molecule has 0 bridgehead atoms. The Labute approximate surface area is 559 Å². The lowest BCUT2D eigenvalue weighted by molar-refractivity contribution is -0.120. The molecule has 7 aromatic carbocycles. The molecule has 21 nitrogen and oxygen atoms in total. The highest BCUT2D eigenvalue weighted by atomic mass is 31.2. The van der Waals surface area contributed by atoms with Crippen LogP contribution in [0.15, 0.2) is 193 Å². The summed E-state index contributed by atoms with van der Waals surface area (Å²) < 4.78 is 58.4. The van der Waals surface area contributed by atoms with Crippen LogP contribution in [-0.2, 0) is 51.4 Å². The molecule has 3 amide bonds. The SMILES string of the molecule is COc1ccc(C(OCC2OC(n3ccc(NC(=O)c4ccc(CNC(=O)Cc5ccc(OC(=O)OCCN(C)C(=O)OCC6c7ccccc7-c7ccccc76)cc5)cc4)nc3=O)CC2OP(OCCC#N)N(C(C)C)C(C)C)(c2ccccc2)c2ccc(OC)cc2)cc1. The van der Waals surface area contributed by atoms with E-state index in [1.54, 1.807) is 69.8 Å². The van der Waals surface area contributed by atoms with Crippen molar-refractivity contribution in [3.05, 3.63) is 243 Å². The fourth-order valence-electron chi connectivity index (χ4n) is 11.8. The molecule has 2 aliphatic rings. The molecule has 4 unspecified atom stereocenters. The zero-order valence-corrected chi connectivity index (χ0v) is 55.5. The Morgan fingerprint density at radius 2 is 1.29 bits per heavy atom. The van der Waals surface area contributed by atoms with E-state index in [2.05, 4.69) is 66.2 Å². The van der Waals surface area contributed by atoms with Gasteiger partial charge < -0.3 is 57.7 Å². The zero-order valence-electron chi connectivity index (χ0n) is 54.6. The number of carbonyl (C=O) groups excluding carboxylic acids is 4. The van der Waals surface area contributed by atoms with Crippen molar-refractivity contribution in [1.82, 2.24) is 24.4 Å². The van der Waals surface area contributed by atoms with Crippen molar-refractivity contribution in [3.8, 4) is 34.4 Å². The number of hydrogen-bond donors (Lipinski definition) is 2. The van der Waals surface area contributed by atoms with Crippen LogP contribution in [0.25, 0.3) is 11.1 Å². The Morgan fingerprint density at radius 3 is 1.89 bits per heavy atom. The van der Waals surface area contributed by atoms with E-state index in [-0.39, 0.29) is 99.8 Å². The number of carbonyl (C=O) groups is 4. The second-order valence-electron chi connectivity index (χ2n) is 23.5. The molecule has 1 aromatic heterocycles. The summed E-state index contributed by atoms with van der Waals surface area (Å²) in [5.41, 5.74) is 6.69. The minimum atomic E-state index is -1.77. The number of anilines is 1. The molecule has 96 heavy (non-hydrogen) atoms. The van der Waals surface area contributed by atoms with E-state index < -0.39 is 56.4 Å².